The number of hydrogen-bond donors (Lipinski definition) is 1. The van der Waals surface area contributed by atoms with Gasteiger partial charge in [0.1, 0.15) is 0 Å². The summed E-state index contributed by atoms with van der Waals surface area (Å²) in [5, 5.41) is 4.82. The molecule has 0 aliphatic carbocycles. The van der Waals surface area contributed by atoms with Crippen LogP contribution >= 0.6 is 0 Å². The van der Waals surface area contributed by atoms with Gasteiger partial charge in [-0.05, 0) is 49.6 Å². The van der Waals surface area contributed by atoms with Gasteiger partial charge in [0.2, 0.25) is 0 Å². The Morgan fingerprint density at radius 3 is 2.60 bits per heavy atom. The number of fused-ring (bicyclic) bond motifs is 1. The number of aryl methyl sites for hydroxylation is 1. The zero-order chi connectivity index (χ0) is 14.7. The van der Waals surface area contributed by atoms with Gasteiger partial charge in [0.25, 0.3) is 0 Å². The molecule has 20 heavy (non-hydrogen) atoms. The topological polar surface area (TPSA) is 17.0 Å². The lowest BCUT2D eigenvalue weighted by Gasteiger charge is -2.13. The van der Waals surface area contributed by atoms with Crippen LogP contribution in [0.25, 0.3) is 10.9 Å². The quantitative estimate of drug-likeness (QED) is 0.824. The van der Waals surface area contributed by atoms with E-state index in [1.807, 2.05) is 0 Å². The van der Waals surface area contributed by atoms with Crippen molar-refractivity contribution in [1.29, 1.82) is 0 Å². The number of hydrogen-bond acceptors (Lipinski definition) is 1. The van der Waals surface area contributed by atoms with Gasteiger partial charge >= 0.3 is 0 Å². The summed E-state index contributed by atoms with van der Waals surface area (Å²) >= 11 is 0. The summed E-state index contributed by atoms with van der Waals surface area (Å²) in [5.74, 6) is 0.727. The number of aromatic nitrogens is 1. The second-order valence-electron chi connectivity index (χ2n) is 5.97. The molecule has 1 aromatic heterocycles. The molecule has 0 radical (unpaired) electrons. The van der Waals surface area contributed by atoms with E-state index in [0.717, 1.165) is 25.6 Å². The van der Waals surface area contributed by atoms with Crippen LogP contribution < -0.4 is 5.32 Å². The monoisotopic (exact) mass is 272 g/mol. The normalized spacial score (nSPS) is 13.1. The van der Waals surface area contributed by atoms with Crippen LogP contribution in [0, 0.1) is 19.8 Å². The average molecular weight is 272 g/mol. The van der Waals surface area contributed by atoms with Crippen molar-refractivity contribution >= 4 is 10.9 Å². The Kier molecular flexibility index (Phi) is 4.87. The first-order valence-electron chi connectivity index (χ1n) is 7.87. The first kappa shape index (κ1) is 15.1. The summed E-state index contributed by atoms with van der Waals surface area (Å²) in [5.41, 5.74) is 5.62. The van der Waals surface area contributed by atoms with Crippen LogP contribution in [0.5, 0.6) is 0 Å². The third-order valence-electron chi connectivity index (χ3n) is 4.47. The van der Waals surface area contributed by atoms with Gasteiger partial charge in [-0.3, -0.25) is 0 Å². The van der Waals surface area contributed by atoms with Crippen LogP contribution in [0.15, 0.2) is 18.2 Å². The van der Waals surface area contributed by atoms with Gasteiger partial charge < -0.3 is 9.88 Å². The lowest BCUT2D eigenvalue weighted by Crippen LogP contribution is -2.11. The van der Waals surface area contributed by atoms with Crippen molar-refractivity contribution in [3.63, 3.8) is 0 Å². The zero-order valence-electron chi connectivity index (χ0n) is 13.6. The zero-order valence-corrected chi connectivity index (χ0v) is 13.6. The van der Waals surface area contributed by atoms with Gasteiger partial charge in [-0.1, -0.05) is 33.3 Å². The van der Waals surface area contributed by atoms with E-state index in [0.29, 0.717) is 0 Å². The van der Waals surface area contributed by atoms with E-state index < -0.39 is 0 Å². The molecule has 110 valence electrons. The highest BCUT2D eigenvalue weighted by molar-refractivity contribution is 5.86. The summed E-state index contributed by atoms with van der Waals surface area (Å²) in [7, 11) is 0. The molecule has 0 saturated carbocycles. The van der Waals surface area contributed by atoms with Crippen LogP contribution in [0.3, 0.4) is 0 Å². The first-order valence-corrected chi connectivity index (χ1v) is 7.87. The van der Waals surface area contributed by atoms with Crippen LogP contribution in [0.1, 0.15) is 44.0 Å². The van der Waals surface area contributed by atoms with E-state index in [1.54, 1.807) is 0 Å². The largest absolute Gasteiger partial charge is 0.344 e. The predicted octanol–water partition coefficient (Wildman–Crippen LogP) is 4.41. The van der Waals surface area contributed by atoms with Crippen LogP contribution in [0.4, 0.5) is 0 Å². The minimum atomic E-state index is 0.727. The van der Waals surface area contributed by atoms with Gasteiger partial charge in [-0.2, -0.15) is 0 Å². The highest BCUT2D eigenvalue weighted by Gasteiger charge is 2.12. The standard InChI is InChI=1S/C18H28N2/c1-6-13(3)12-20-15(5)14(4)17-10-16(11-19-7-2)8-9-18(17)20/h8-10,13,19H,6-7,11-12H2,1-5H3. The number of rotatable bonds is 6. The molecule has 2 rings (SSSR count). The Bertz CT molecular complexity index is 581. The lowest BCUT2D eigenvalue weighted by molar-refractivity contribution is 0.472. The van der Waals surface area contributed by atoms with E-state index in [4.69, 9.17) is 0 Å². The summed E-state index contributed by atoms with van der Waals surface area (Å²) in [4.78, 5) is 0. The molecule has 0 fully saturated rings. The molecule has 2 nitrogen and oxygen atoms in total. The van der Waals surface area contributed by atoms with Crippen molar-refractivity contribution in [2.24, 2.45) is 5.92 Å². The van der Waals surface area contributed by atoms with E-state index in [1.165, 1.54) is 34.1 Å². The molecule has 0 aliphatic rings. The van der Waals surface area contributed by atoms with Gasteiger partial charge in [0.15, 0.2) is 0 Å². The van der Waals surface area contributed by atoms with Crippen LogP contribution in [0.2, 0.25) is 0 Å². The summed E-state index contributed by atoms with van der Waals surface area (Å²) in [6.07, 6.45) is 1.23. The minimum Gasteiger partial charge on any atom is -0.344 e. The van der Waals surface area contributed by atoms with Crippen molar-refractivity contribution in [2.75, 3.05) is 6.54 Å². The molecule has 0 amide bonds. The van der Waals surface area contributed by atoms with Crippen molar-refractivity contribution in [3.05, 3.63) is 35.0 Å². The second kappa shape index (κ2) is 6.45. The smallest absolute Gasteiger partial charge is 0.0485 e. The van der Waals surface area contributed by atoms with Crippen molar-refractivity contribution in [2.45, 2.75) is 54.1 Å². The maximum absolute atomic E-state index is 3.40. The minimum absolute atomic E-state index is 0.727. The molecule has 0 bridgehead atoms. The van der Waals surface area contributed by atoms with E-state index in [-0.39, 0.29) is 0 Å². The van der Waals surface area contributed by atoms with Crippen molar-refractivity contribution in [1.82, 2.24) is 9.88 Å². The third kappa shape index (κ3) is 2.90. The molecule has 2 aromatic rings. The van der Waals surface area contributed by atoms with Gasteiger partial charge in [-0.25, -0.2) is 0 Å². The Labute approximate surface area is 123 Å². The van der Waals surface area contributed by atoms with E-state index in [2.05, 4.69) is 62.7 Å². The third-order valence-corrected chi connectivity index (χ3v) is 4.47. The number of nitrogens with one attached hydrogen (secondary N) is 1. The fraction of sp³-hybridized carbons (Fsp3) is 0.556. The summed E-state index contributed by atoms with van der Waals surface area (Å²) in [6.45, 7) is 14.4. The predicted molar refractivity (Wildman–Crippen MR) is 88.2 cm³/mol. The molecular weight excluding hydrogens is 244 g/mol. The molecule has 1 unspecified atom stereocenters. The second-order valence-corrected chi connectivity index (χ2v) is 5.97. The van der Waals surface area contributed by atoms with Gasteiger partial charge in [0, 0.05) is 29.7 Å². The maximum atomic E-state index is 3.40. The Morgan fingerprint density at radius 2 is 1.95 bits per heavy atom. The van der Waals surface area contributed by atoms with Crippen molar-refractivity contribution in [3.8, 4) is 0 Å². The van der Waals surface area contributed by atoms with Gasteiger partial charge in [-0.15, -0.1) is 0 Å². The molecule has 0 spiro atoms. The molecule has 2 heteroatoms. The van der Waals surface area contributed by atoms with Crippen molar-refractivity contribution < 1.29 is 0 Å². The first-order chi connectivity index (χ1) is 9.58. The summed E-state index contributed by atoms with van der Waals surface area (Å²) < 4.78 is 2.50. The molecule has 1 atom stereocenters. The average Bonchev–Trinajstić information content (AvgIpc) is 2.70. The Hall–Kier alpha value is -1.28. The highest BCUT2D eigenvalue weighted by atomic mass is 15.0. The Balaban J connectivity index is 2.42. The fourth-order valence-corrected chi connectivity index (χ4v) is 2.75. The fourth-order valence-electron chi connectivity index (χ4n) is 2.75. The summed E-state index contributed by atoms with van der Waals surface area (Å²) in [6, 6.07) is 6.91. The molecular formula is C18H28N2. The molecule has 1 N–H and O–H groups in total. The van der Waals surface area contributed by atoms with Gasteiger partial charge in [0.05, 0.1) is 0 Å². The van der Waals surface area contributed by atoms with Crippen LogP contribution in [-0.4, -0.2) is 11.1 Å². The SMILES string of the molecule is CCNCc1ccc2c(c1)c(C)c(C)n2CC(C)CC. The Morgan fingerprint density at radius 1 is 1.20 bits per heavy atom. The maximum Gasteiger partial charge on any atom is 0.0485 e. The number of nitrogens with zero attached hydrogens (tertiary/aromatic N) is 1. The van der Waals surface area contributed by atoms with Crippen LogP contribution in [-0.2, 0) is 13.1 Å². The molecule has 1 aromatic carbocycles. The molecule has 0 aliphatic heterocycles. The highest BCUT2D eigenvalue weighted by Crippen LogP contribution is 2.27. The van der Waals surface area contributed by atoms with E-state index in [9.17, 15) is 0 Å². The van der Waals surface area contributed by atoms with E-state index >= 15 is 0 Å². The molecule has 1 heterocycles. The number of benzene rings is 1. The lowest BCUT2D eigenvalue weighted by atomic mass is 10.1. The molecule has 0 saturated heterocycles.